The molecule has 26 heavy (non-hydrogen) atoms. The van der Waals surface area contributed by atoms with E-state index in [4.69, 9.17) is 0 Å². The number of piperidine rings is 2. The average molecular weight is 354 g/mol. The molecule has 138 valence electrons. The van der Waals surface area contributed by atoms with E-state index >= 15 is 0 Å². The van der Waals surface area contributed by atoms with Crippen molar-refractivity contribution in [2.45, 2.75) is 32.6 Å². The van der Waals surface area contributed by atoms with Crippen molar-refractivity contribution in [3.63, 3.8) is 0 Å². The largest absolute Gasteiger partial charge is 0.356 e. The lowest BCUT2D eigenvalue weighted by Crippen LogP contribution is -2.46. The Kier molecular flexibility index (Phi) is 4.86. The predicted octanol–water partition coefficient (Wildman–Crippen LogP) is 2.14. The van der Waals surface area contributed by atoms with Gasteiger partial charge in [-0.1, -0.05) is 6.92 Å². The Morgan fingerprint density at radius 1 is 1.12 bits per heavy atom. The zero-order chi connectivity index (χ0) is 17.9. The minimum Gasteiger partial charge on any atom is -0.356 e. The SMILES string of the molecule is CC1CCCN(C(=O)C2CCN(c3cc(-n4ccnc4)ncn3)CC2)C1. The molecule has 2 aliphatic rings. The number of anilines is 1. The van der Waals surface area contributed by atoms with Gasteiger partial charge in [0.25, 0.3) is 0 Å². The third-order valence-electron chi connectivity index (χ3n) is 5.54. The van der Waals surface area contributed by atoms with Crippen LogP contribution in [0, 0.1) is 11.8 Å². The Hall–Kier alpha value is -2.44. The van der Waals surface area contributed by atoms with Crippen LogP contribution in [-0.4, -0.2) is 56.5 Å². The van der Waals surface area contributed by atoms with Gasteiger partial charge >= 0.3 is 0 Å². The van der Waals surface area contributed by atoms with Crippen LogP contribution in [0.2, 0.25) is 0 Å². The first kappa shape index (κ1) is 17.0. The molecule has 0 radical (unpaired) electrons. The first-order valence-electron chi connectivity index (χ1n) is 9.55. The van der Waals surface area contributed by atoms with E-state index in [0.717, 1.165) is 57.1 Å². The molecule has 1 amide bonds. The van der Waals surface area contributed by atoms with Gasteiger partial charge in [0.05, 0.1) is 0 Å². The Morgan fingerprint density at radius 3 is 2.65 bits per heavy atom. The number of hydrogen-bond donors (Lipinski definition) is 0. The maximum atomic E-state index is 12.8. The van der Waals surface area contributed by atoms with Crippen molar-refractivity contribution in [3.8, 4) is 5.82 Å². The molecule has 4 heterocycles. The van der Waals surface area contributed by atoms with Gasteiger partial charge in [0.2, 0.25) is 5.91 Å². The summed E-state index contributed by atoms with van der Waals surface area (Å²) < 4.78 is 1.87. The summed E-state index contributed by atoms with van der Waals surface area (Å²) in [6, 6.07) is 1.98. The fourth-order valence-corrected chi connectivity index (χ4v) is 4.05. The number of carbonyl (C=O) groups excluding carboxylic acids is 1. The third kappa shape index (κ3) is 3.57. The second kappa shape index (κ2) is 7.43. The molecule has 0 aromatic carbocycles. The number of rotatable bonds is 3. The van der Waals surface area contributed by atoms with Crippen molar-refractivity contribution in [1.29, 1.82) is 0 Å². The highest BCUT2D eigenvalue weighted by Gasteiger charge is 2.30. The normalized spacial score (nSPS) is 21.8. The molecule has 7 nitrogen and oxygen atoms in total. The first-order chi connectivity index (χ1) is 12.7. The van der Waals surface area contributed by atoms with Gasteiger partial charge in [0, 0.05) is 50.6 Å². The molecule has 2 aromatic heterocycles. The monoisotopic (exact) mass is 354 g/mol. The smallest absolute Gasteiger partial charge is 0.225 e. The molecule has 2 aromatic rings. The molecule has 7 heteroatoms. The quantitative estimate of drug-likeness (QED) is 0.845. The molecule has 2 fully saturated rings. The lowest BCUT2D eigenvalue weighted by atomic mass is 9.93. The number of amides is 1. The first-order valence-corrected chi connectivity index (χ1v) is 9.55. The standard InChI is InChI=1S/C19H26N6O/c1-15-3-2-7-24(12-15)19(26)16-4-8-23(9-5-16)17-11-18(22-13-21-17)25-10-6-20-14-25/h6,10-11,13-16H,2-5,7-9,12H2,1H3. The zero-order valence-corrected chi connectivity index (χ0v) is 15.3. The molecule has 1 atom stereocenters. The summed E-state index contributed by atoms with van der Waals surface area (Å²) in [7, 11) is 0. The molecule has 0 saturated carbocycles. The van der Waals surface area contributed by atoms with E-state index in [1.165, 1.54) is 6.42 Å². The van der Waals surface area contributed by atoms with Crippen LogP contribution in [0.1, 0.15) is 32.6 Å². The Bertz CT molecular complexity index is 738. The van der Waals surface area contributed by atoms with Crippen LogP contribution in [-0.2, 0) is 4.79 Å². The second-order valence-corrected chi connectivity index (χ2v) is 7.50. The molecule has 2 saturated heterocycles. The van der Waals surface area contributed by atoms with Crippen molar-refractivity contribution >= 4 is 11.7 Å². The third-order valence-corrected chi connectivity index (χ3v) is 5.54. The summed E-state index contributed by atoms with van der Waals surface area (Å²) in [6.45, 7) is 5.83. The molecule has 1 unspecified atom stereocenters. The van der Waals surface area contributed by atoms with Crippen LogP contribution in [0.3, 0.4) is 0 Å². The highest BCUT2D eigenvalue weighted by Crippen LogP contribution is 2.26. The predicted molar refractivity (Wildman–Crippen MR) is 99.1 cm³/mol. The van der Waals surface area contributed by atoms with E-state index in [1.807, 2.05) is 16.8 Å². The lowest BCUT2D eigenvalue weighted by molar-refractivity contribution is -0.137. The van der Waals surface area contributed by atoms with E-state index in [-0.39, 0.29) is 5.92 Å². The van der Waals surface area contributed by atoms with Crippen LogP contribution >= 0.6 is 0 Å². The number of hydrogen-bond acceptors (Lipinski definition) is 5. The maximum absolute atomic E-state index is 12.8. The summed E-state index contributed by atoms with van der Waals surface area (Å²) >= 11 is 0. The van der Waals surface area contributed by atoms with Crippen LogP contribution < -0.4 is 4.90 Å². The van der Waals surface area contributed by atoms with Crippen molar-refractivity contribution in [1.82, 2.24) is 24.4 Å². The zero-order valence-electron chi connectivity index (χ0n) is 15.3. The van der Waals surface area contributed by atoms with E-state index in [1.54, 1.807) is 18.9 Å². The van der Waals surface area contributed by atoms with Gasteiger partial charge in [0.15, 0.2) is 0 Å². The highest BCUT2D eigenvalue weighted by atomic mass is 16.2. The number of likely N-dealkylation sites (tertiary alicyclic amines) is 1. The van der Waals surface area contributed by atoms with Gasteiger partial charge in [-0.2, -0.15) is 0 Å². The minimum atomic E-state index is 0.159. The summed E-state index contributed by atoms with van der Waals surface area (Å²) in [5.74, 6) is 2.88. The average Bonchev–Trinajstić information content (AvgIpc) is 3.23. The van der Waals surface area contributed by atoms with E-state index in [9.17, 15) is 4.79 Å². The molecular formula is C19H26N6O. The minimum absolute atomic E-state index is 0.159. The van der Waals surface area contributed by atoms with Gasteiger partial charge < -0.3 is 9.80 Å². The molecule has 2 aliphatic heterocycles. The summed E-state index contributed by atoms with van der Waals surface area (Å²) in [5.41, 5.74) is 0. The van der Waals surface area contributed by atoms with Gasteiger partial charge in [-0.05, 0) is 31.6 Å². The topological polar surface area (TPSA) is 67.2 Å². The number of carbonyl (C=O) groups is 1. The molecule has 0 N–H and O–H groups in total. The highest BCUT2D eigenvalue weighted by molar-refractivity contribution is 5.79. The molecule has 4 rings (SSSR count). The summed E-state index contributed by atoms with van der Waals surface area (Å²) in [5, 5.41) is 0. The summed E-state index contributed by atoms with van der Waals surface area (Å²) in [6.07, 6.45) is 11.1. The van der Waals surface area contributed by atoms with E-state index in [2.05, 4.69) is 31.7 Å². The van der Waals surface area contributed by atoms with Crippen molar-refractivity contribution < 1.29 is 4.79 Å². The van der Waals surface area contributed by atoms with Gasteiger partial charge in [-0.15, -0.1) is 0 Å². The number of aromatic nitrogens is 4. The van der Waals surface area contributed by atoms with E-state index < -0.39 is 0 Å². The maximum Gasteiger partial charge on any atom is 0.225 e. The lowest BCUT2D eigenvalue weighted by Gasteiger charge is -2.37. The van der Waals surface area contributed by atoms with Crippen LogP contribution in [0.4, 0.5) is 5.82 Å². The molecule has 0 bridgehead atoms. The van der Waals surface area contributed by atoms with Crippen LogP contribution in [0.25, 0.3) is 5.82 Å². The van der Waals surface area contributed by atoms with Gasteiger partial charge in [-0.3, -0.25) is 9.36 Å². The number of imidazole rings is 1. The van der Waals surface area contributed by atoms with Gasteiger partial charge in [0.1, 0.15) is 24.3 Å². The van der Waals surface area contributed by atoms with Crippen LogP contribution in [0.5, 0.6) is 0 Å². The van der Waals surface area contributed by atoms with Gasteiger partial charge in [-0.25, -0.2) is 15.0 Å². The fraction of sp³-hybridized carbons (Fsp3) is 0.579. The van der Waals surface area contributed by atoms with Crippen molar-refractivity contribution in [2.24, 2.45) is 11.8 Å². The molecular weight excluding hydrogens is 328 g/mol. The number of nitrogens with zero attached hydrogens (tertiary/aromatic N) is 6. The fourth-order valence-electron chi connectivity index (χ4n) is 4.05. The van der Waals surface area contributed by atoms with Crippen molar-refractivity contribution in [3.05, 3.63) is 31.1 Å². The Morgan fingerprint density at radius 2 is 1.92 bits per heavy atom. The van der Waals surface area contributed by atoms with E-state index in [0.29, 0.717) is 11.8 Å². The molecule has 0 aliphatic carbocycles. The van der Waals surface area contributed by atoms with Crippen molar-refractivity contribution in [2.75, 3.05) is 31.1 Å². The Balaban J connectivity index is 1.38. The second-order valence-electron chi connectivity index (χ2n) is 7.50. The Labute approximate surface area is 154 Å². The van der Waals surface area contributed by atoms with Crippen LogP contribution in [0.15, 0.2) is 31.1 Å². The summed E-state index contributed by atoms with van der Waals surface area (Å²) in [4.78, 5) is 30.0. The molecule has 0 spiro atoms.